The number of anilines is 1. The molecule has 288 valence electrons. The summed E-state index contributed by atoms with van der Waals surface area (Å²) in [6.07, 6.45) is 2.90. The third-order valence-corrected chi connectivity index (χ3v) is 15.6. The molecule has 0 radical (unpaired) electrons. The van der Waals surface area contributed by atoms with E-state index in [1.165, 1.54) is 6.08 Å². The summed E-state index contributed by atoms with van der Waals surface area (Å²) in [6.45, 7) is 9.38. The van der Waals surface area contributed by atoms with Crippen LogP contribution >= 0.6 is 0 Å². The number of ketones is 1. The van der Waals surface area contributed by atoms with Gasteiger partial charge in [0.15, 0.2) is 5.78 Å². The van der Waals surface area contributed by atoms with Crippen LogP contribution in [0.5, 0.6) is 5.75 Å². The molecule has 5 fully saturated rings. The number of phenols is 1. The van der Waals surface area contributed by atoms with E-state index in [2.05, 4.69) is 20.8 Å². The molecule has 2 heterocycles. The van der Waals surface area contributed by atoms with Gasteiger partial charge in [-0.3, -0.25) is 9.59 Å². The number of amides is 1. The number of phenolic OH excluding ortho intramolecular Hbond substituents is 1. The Bertz CT molecular complexity index is 1640. The van der Waals surface area contributed by atoms with Gasteiger partial charge in [-0.2, -0.15) is 0 Å². The van der Waals surface area contributed by atoms with Gasteiger partial charge in [0.25, 0.3) is 0 Å². The first-order valence-corrected chi connectivity index (χ1v) is 19.5. The molecule has 0 unspecified atom stereocenters. The quantitative estimate of drug-likeness (QED) is 0.176. The number of aliphatic hydroxyl groups is 6. The van der Waals surface area contributed by atoms with Crippen molar-refractivity contribution < 1.29 is 50.1 Å². The van der Waals surface area contributed by atoms with Gasteiger partial charge < -0.3 is 45.4 Å². The van der Waals surface area contributed by atoms with Gasteiger partial charge in [0, 0.05) is 30.1 Å². The van der Waals surface area contributed by atoms with Crippen LogP contribution in [-0.2, 0) is 20.7 Å². The number of carbonyl (C=O) groups excluding carboxylic acids is 2. The number of carbonyl (C=O) groups is 2. The lowest BCUT2D eigenvalue weighted by atomic mass is 9.39. The van der Waals surface area contributed by atoms with E-state index in [1.54, 1.807) is 17.0 Å². The Balaban J connectivity index is 1.31. The van der Waals surface area contributed by atoms with E-state index in [0.29, 0.717) is 62.2 Å². The highest BCUT2D eigenvalue weighted by Crippen LogP contribution is 2.73. The maximum Gasteiger partial charge on any atom is 0.227 e. The predicted molar refractivity (Wildman–Crippen MR) is 192 cm³/mol. The SMILES string of the molecule is CC(C)[C@@H](C)[C@@H]1O[C@H]1[C@](C)(O)[C@H]1CC[C@@]2(O)C3=CC(=O)[C@]4(CO)C[C@@H](O)[C@](O)(CO)C[C@]4(C)[C@H]3CC[C@]12CCc1cc(O)cc(N2CCCC2=O)c1. The first kappa shape index (κ1) is 37.9. The number of epoxide rings is 1. The molecule has 0 aromatic heterocycles. The third kappa shape index (κ3) is 5.23. The second kappa shape index (κ2) is 12.6. The Morgan fingerprint density at radius 2 is 1.79 bits per heavy atom. The second-order valence-corrected chi connectivity index (χ2v) is 18.3. The standard InChI is InChI=1S/C41H59NO10/c1-23(2)24(3)34-35(52-34)37(5,49)30-10-13-41(51)29-18-31(46)39(21-43)19-32(47)40(50,22-44)20-36(39,4)28(29)9-12-38(30,41)11-8-25-15-26(17-27(45)16-25)42-14-6-7-33(42)48/h15-18,23-24,28,30,32,34-35,43-45,47,49-51H,6-14,19-22H2,1-5H3/t24-,28+,30-,32-,34+,35-,36-,37-,38-,39-,40-,41-/m1/s1. The van der Waals surface area contributed by atoms with Gasteiger partial charge in [-0.1, -0.05) is 27.7 Å². The van der Waals surface area contributed by atoms with Crippen molar-refractivity contribution in [2.75, 3.05) is 24.7 Å². The lowest BCUT2D eigenvalue weighted by Gasteiger charge is -2.65. The molecule has 11 nitrogen and oxygen atoms in total. The summed E-state index contributed by atoms with van der Waals surface area (Å²) in [6, 6.07) is 5.19. The van der Waals surface area contributed by atoms with Crippen LogP contribution in [-0.4, -0.2) is 102 Å². The summed E-state index contributed by atoms with van der Waals surface area (Å²) in [4.78, 5) is 28.7. The minimum absolute atomic E-state index is 0.00837. The van der Waals surface area contributed by atoms with Gasteiger partial charge in [-0.05, 0) is 123 Å². The van der Waals surface area contributed by atoms with Crippen LogP contribution in [0.3, 0.4) is 0 Å². The monoisotopic (exact) mass is 725 g/mol. The molecule has 1 aromatic rings. The Labute approximate surface area is 306 Å². The van der Waals surface area contributed by atoms with E-state index >= 15 is 0 Å². The molecule has 1 aromatic carbocycles. The van der Waals surface area contributed by atoms with Crippen molar-refractivity contribution >= 4 is 17.4 Å². The molecule has 1 amide bonds. The van der Waals surface area contributed by atoms with Gasteiger partial charge in [-0.25, -0.2) is 0 Å². The molecule has 6 aliphatic rings. The van der Waals surface area contributed by atoms with Crippen molar-refractivity contribution in [2.45, 2.75) is 134 Å². The van der Waals surface area contributed by atoms with E-state index in [4.69, 9.17) is 4.74 Å². The van der Waals surface area contributed by atoms with Crippen molar-refractivity contribution in [1.29, 1.82) is 0 Å². The topological polar surface area (TPSA) is 192 Å². The highest BCUT2D eigenvalue weighted by Gasteiger charge is 2.75. The Morgan fingerprint density at radius 1 is 1.06 bits per heavy atom. The van der Waals surface area contributed by atoms with E-state index in [-0.39, 0.29) is 42.9 Å². The highest BCUT2D eigenvalue weighted by atomic mass is 16.6. The Morgan fingerprint density at radius 3 is 2.42 bits per heavy atom. The average molecular weight is 726 g/mol. The smallest absolute Gasteiger partial charge is 0.227 e. The number of allylic oxidation sites excluding steroid dienone is 1. The van der Waals surface area contributed by atoms with Gasteiger partial charge in [0.2, 0.25) is 5.91 Å². The van der Waals surface area contributed by atoms with Crippen LogP contribution in [0.15, 0.2) is 29.8 Å². The molecule has 11 heteroatoms. The number of ether oxygens (including phenoxy) is 1. The Kier molecular flexibility index (Phi) is 9.17. The fraction of sp³-hybridized carbons (Fsp3) is 0.756. The fourth-order valence-corrected chi connectivity index (χ4v) is 12.2. The van der Waals surface area contributed by atoms with E-state index in [9.17, 15) is 45.3 Å². The lowest BCUT2D eigenvalue weighted by Crippen LogP contribution is -2.70. The molecule has 3 saturated carbocycles. The van der Waals surface area contributed by atoms with Crippen molar-refractivity contribution in [1.82, 2.24) is 0 Å². The van der Waals surface area contributed by atoms with Crippen molar-refractivity contribution in [3.8, 4) is 5.75 Å². The number of nitrogens with zero attached hydrogens (tertiary/aromatic N) is 1. The van der Waals surface area contributed by atoms with Crippen LogP contribution in [0, 0.1) is 39.9 Å². The highest BCUT2D eigenvalue weighted by molar-refractivity contribution is 5.98. The molecule has 12 atom stereocenters. The molecule has 4 aliphatic carbocycles. The molecule has 2 aliphatic heterocycles. The fourth-order valence-electron chi connectivity index (χ4n) is 12.2. The van der Waals surface area contributed by atoms with E-state index in [0.717, 1.165) is 12.0 Å². The lowest BCUT2D eigenvalue weighted by molar-refractivity contribution is -0.228. The van der Waals surface area contributed by atoms with E-state index in [1.807, 2.05) is 19.9 Å². The third-order valence-electron chi connectivity index (χ3n) is 15.6. The summed E-state index contributed by atoms with van der Waals surface area (Å²) < 4.78 is 6.25. The molecular formula is C41H59NO10. The van der Waals surface area contributed by atoms with Gasteiger partial charge in [0.05, 0.1) is 42.0 Å². The Hall–Kier alpha value is -2.38. The maximum atomic E-state index is 14.4. The zero-order valence-corrected chi connectivity index (χ0v) is 31.3. The summed E-state index contributed by atoms with van der Waals surface area (Å²) >= 11 is 0. The maximum absolute atomic E-state index is 14.4. The largest absolute Gasteiger partial charge is 0.508 e. The second-order valence-electron chi connectivity index (χ2n) is 18.3. The number of hydrogen-bond acceptors (Lipinski definition) is 10. The number of aliphatic hydroxyl groups excluding tert-OH is 3. The molecule has 52 heavy (non-hydrogen) atoms. The minimum atomic E-state index is -1.88. The van der Waals surface area contributed by atoms with Gasteiger partial charge >= 0.3 is 0 Å². The predicted octanol–water partition coefficient (Wildman–Crippen LogP) is 3.17. The number of benzene rings is 1. The van der Waals surface area contributed by atoms with Crippen LogP contribution in [0.4, 0.5) is 5.69 Å². The van der Waals surface area contributed by atoms with Crippen LogP contribution in [0.2, 0.25) is 0 Å². The summed E-state index contributed by atoms with van der Waals surface area (Å²) in [5.74, 6) is -0.687. The number of aryl methyl sites for hydroxylation is 1. The van der Waals surface area contributed by atoms with Crippen molar-refractivity contribution in [3.63, 3.8) is 0 Å². The van der Waals surface area contributed by atoms with Crippen molar-refractivity contribution in [2.24, 2.45) is 39.9 Å². The number of fused-ring (bicyclic) bond motifs is 5. The van der Waals surface area contributed by atoms with E-state index < -0.39 is 76.1 Å². The summed E-state index contributed by atoms with van der Waals surface area (Å²) in [5.41, 5.74) is -6.22. The summed E-state index contributed by atoms with van der Waals surface area (Å²) in [5, 5.41) is 80.3. The zero-order valence-electron chi connectivity index (χ0n) is 31.3. The van der Waals surface area contributed by atoms with Gasteiger partial charge in [-0.15, -0.1) is 0 Å². The van der Waals surface area contributed by atoms with Crippen LogP contribution in [0.25, 0.3) is 0 Å². The average Bonchev–Trinajstić information content (AvgIpc) is 3.69. The normalized spacial score (nSPS) is 43.1. The zero-order chi connectivity index (χ0) is 37.8. The molecule has 7 rings (SSSR count). The molecule has 7 N–H and O–H groups in total. The summed E-state index contributed by atoms with van der Waals surface area (Å²) in [7, 11) is 0. The molecular weight excluding hydrogens is 666 g/mol. The van der Waals surface area contributed by atoms with Crippen LogP contribution in [0.1, 0.15) is 98.0 Å². The van der Waals surface area contributed by atoms with Crippen LogP contribution < -0.4 is 4.90 Å². The number of aromatic hydroxyl groups is 1. The number of hydrogen-bond donors (Lipinski definition) is 7. The van der Waals surface area contributed by atoms with Crippen molar-refractivity contribution in [3.05, 3.63) is 35.4 Å². The van der Waals surface area contributed by atoms with Gasteiger partial charge in [0.1, 0.15) is 17.5 Å². The molecule has 0 bridgehead atoms. The molecule has 2 saturated heterocycles. The number of rotatable bonds is 10. The molecule has 0 spiro atoms. The minimum Gasteiger partial charge on any atom is -0.508 e. The first-order chi connectivity index (χ1) is 24.3. The first-order valence-electron chi connectivity index (χ1n) is 19.5.